The summed E-state index contributed by atoms with van der Waals surface area (Å²) < 4.78 is 0. The first-order valence-corrected chi connectivity index (χ1v) is 8.92. The van der Waals surface area contributed by atoms with Crippen LogP contribution in [-0.4, -0.2) is 20.9 Å². The van der Waals surface area contributed by atoms with Crippen LogP contribution < -0.4 is 5.32 Å². The van der Waals surface area contributed by atoms with Gasteiger partial charge in [-0.3, -0.25) is 4.79 Å². The van der Waals surface area contributed by atoms with Crippen molar-refractivity contribution in [3.8, 4) is 11.1 Å². The predicted molar refractivity (Wildman–Crippen MR) is 98.4 cm³/mol. The van der Waals surface area contributed by atoms with E-state index in [0.717, 1.165) is 33.5 Å². The summed E-state index contributed by atoms with van der Waals surface area (Å²) in [5.74, 6) is 1.50. The van der Waals surface area contributed by atoms with Gasteiger partial charge >= 0.3 is 0 Å². The summed E-state index contributed by atoms with van der Waals surface area (Å²) in [5, 5.41) is 4.55. The summed E-state index contributed by atoms with van der Waals surface area (Å²) in [6, 6.07) is 5.95. The second-order valence-corrected chi connectivity index (χ2v) is 6.86. The molecule has 25 heavy (non-hydrogen) atoms. The molecule has 1 saturated carbocycles. The van der Waals surface area contributed by atoms with E-state index in [1.54, 1.807) is 0 Å². The van der Waals surface area contributed by atoms with Crippen molar-refractivity contribution in [2.75, 3.05) is 0 Å². The zero-order chi connectivity index (χ0) is 17.4. The molecule has 0 spiro atoms. The largest absolute Gasteiger partial charge is 0.357 e. The molecule has 0 aliphatic heterocycles. The average Bonchev–Trinajstić information content (AvgIpc) is 3.40. The number of hydrogen-bond donors (Lipinski definition) is 2. The number of rotatable bonds is 5. The van der Waals surface area contributed by atoms with E-state index >= 15 is 0 Å². The lowest BCUT2D eigenvalue weighted by Gasteiger charge is -2.05. The monoisotopic (exact) mass is 354 g/mol. The van der Waals surface area contributed by atoms with Gasteiger partial charge < -0.3 is 10.3 Å². The fraction of sp³-hybridized carbons (Fsp3) is 0.316. The quantitative estimate of drug-likeness (QED) is 0.722. The second-order valence-electron chi connectivity index (χ2n) is 6.45. The fourth-order valence-electron chi connectivity index (χ4n) is 2.88. The number of aromatic nitrogens is 3. The third-order valence-electron chi connectivity index (χ3n) is 4.49. The third-order valence-corrected chi connectivity index (χ3v) is 4.80. The molecule has 6 heteroatoms. The lowest BCUT2D eigenvalue weighted by molar-refractivity contribution is -0.120. The minimum Gasteiger partial charge on any atom is -0.357 e. The molecule has 1 aliphatic carbocycles. The Labute approximate surface area is 150 Å². The maximum Gasteiger partial charge on any atom is 0.220 e. The molecule has 2 N–H and O–H groups in total. The van der Waals surface area contributed by atoms with Gasteiger partial charge in [0.15, 0.2) is 0 Å². The Kier molecular flexibility index (Phi) is 4.17. The van der Waals surface area contributed by atoms with Crippen molar-refractivity contribution in [1.29, 1.82) is 0 Å². The van der Waals surface area contributed by atoms with Gasteiger partial charge in [-0.15, -0.1) is 0 Å². The zero-order valence-corrected chi connectivity index (χ0v) is 14.7. The standard InChI is InChI=1S/C19H19ClN4O/c1-2-18(25)21-10-14-5-12-6-16(20)15(7-17(12)24-14)13-8-22-19(23-9-13)11-3-4-11/h5-9,11,24H,2-4,10H2,1H3,(H,21,25). The van der Waals surface area contributed by atoms with Gasteiger partial charge in [-0.05, 0) is 31.0 Å². The molecule has 0 saturated heterocycles. The van der Waals surface area contributed by atoms with Crippen LogP contribution in [0.25, 0.3) is 22.0 Å². The van der Waals surface area contributed by atoms with E-state index in [1.165, 1.54) is 12.8 Å². The molecule has 2 aromatic heterocycles. The summed E-state index contributed by atoms with van der Waals surface area (Å²) >= 11 is 6.47. The summed E-state index contributed by atoms with van der Waals surface area (Å²) in [4.78, 5) is 23.7. The number of halogens is 1. The molecule has 2 heterocycles. The number of benzene rings is 1. The summed E-state index contributed by atoms with van der Waals surface area (Å²) in [5.41, 5.74) is 3.74. The highest BCUT2D eigenvalue weighted by atomic mass is 35.5. The van der Waals surface area contributed by atoms with Crippen LogP contribution in [0.15, 0.2) is 30.6 Å². The maximum absolute atomic E-state index is 11.4. The zero-order valence-electron chi connectivity index (χ0n) is 14.0. The van der Waals surface area contributed by atoms with Crippen molar-refractivity contribution in [3.05, 3.63) is 47.1 Å². The van der Waals surface area contributed by atoms with Crippen LogP contribution in [0.3, 0.4) is 0 Å². The van der Waals surface area contributed by atoms with Crippen LogP contribution in [-0.2, 0) is 11.3 Å². The SMILES string of the molecule is CCC(=O)NCc1cc2cc(Cl)c(-c3cnc(C4CC4)nc3)cc2[nH]1. The Morgan fingerprint density at radius 1 is 1.28 bits per heavy atom. The Hall–Kier alpha value is -2.40. The minimum absolute atomic E-state index is 0.0327. The fourth-order valence-corrected chi connectivity index (χ4v) is 3.16. The molecule has 1 amide bonds. The molecule has 0 bridgehead atoms. The number of fused-ring (bicyclic) bond motifs is 1. The molecule has 1 fully saturated rings. The van der Waals surface area contributed by atoms with Crippen molar-refractivity contribution in [2.24, 2.45) is 0 Å². The Bertz CT molecular complexity index is 928. The molecule has 5 nitrogen and oxygen atoms in total. The van der Waals surface area contributed by atoms with E-state index in [-0.39, 0.29) is 5.91 Å². The number of carbonyl (C=O) groups is 1. The van der Waals surface area contributed by atoms with Gasteiger partial charge in [-0.25, -0.2) is 9.97 Å². The van der Waals surface area contributed by atoms with Gasteiger partial charge in [0.05, 0.1) is 6.54 Å². The lowest BCUT2D eigenvalue weighted by Crippen LogP contribution is -2.21. The number of nitrogens with zero attached hydrogens (tertiary/aromatic N) is 2. The number of carbonyl (C=O) groups excluding carboxylic acids is 1. The topological polar surface area (TPSA) is 70.7 Å². The molecule has 1 aromatic carbocycles. The smallest absolute Gasteiger partial charge is 0.220 e. The van der Waals surface area contributed by atoms with Gasteiger partial charge in [-0.1, -0.05) is 18.5 Å². The van der Waals surface area contributed by atoms with E-state index in [1.807, 2.05) is 37.5 Å². The Morgan fingerprint density at radius 2 is 2.04 bits per heavy atom. The lowest BCUT2D eigenvalue weighted by atomic mass is 10.1. The van der Waals surface area contributed by atoms with E-state index in [2.05, 4.69) is 20.3 Å². The van der Waals surface area contributed by atoms with E-state index in [9.17, 15) is 4.79 Å². The summed E-state index contributed by atoms with van der Waals surface area (Å²) in [7, 11) is 0. The predicted octanol–water partition coefficient (Wildman–Crippen LogP) is 4.18. The second kappa shape index (κ2) is 6.48. The van der Waals surface area contributed by atoms with Crippen LogP contribution in [0.4, 0.5) is 0 Å². The van der Waals surface area contributed by atoms with Crippen molar-refractivity contribution in [2.45, 2.75) is 38.6 Å². The first-order chi connectivity index (χ1) is 12.1. The average molecular weight is 355 g/mol. The van der Waals surface area contributed by atoms with Crippen molar-refractivity contribution in [3.63, 3.8) is 0 Å². The van der Waals surface area contributed by atoms with Crippen LogP contribution in [0.5, 0.6) is 0 Å². The maximum atomic E-state index is 11.4. The summed E-state index contributed by atoms with van der Waals surface area (Å²) in [6.45, 7) is 2.32. The van der Waals surface area contributed by atoms with Crippen molar-refractivity contribution >= 4 is 28.4 Å². The van der Waals surface area contributed by atoms with Crippen LogP contribution >= 0.6 is 11.6 Å². The minimum atomic E-state index is 0.0327. The summed E-state index contributed by atoms with van der Waals surface area (Å²) in [6.07, 6.45) is 6.54. The van der Waals surface area contributed by atoms with Crippen LogP contribution in [0, 0.1) is 0 Å². The van der Waals surface area contributed by atoms with Crippen molar-refractivity contribution in [1.82, 2.24) is 20.3 Å². The number of hydrogen-bond acceptors (Lipinski definition) is 3. The number of H-pyrrole nitrogens is 1. The number of nitrogens with one attached hydrogen (secondary N) is 2. The van der Waals surface area contributed by atoms with E-state index in [4.69, 9.17) is 11.6 Å². The van der Waals surface area contributed by atoms with Gasteiger partial charge in [0.2, 0.25) is 5.91 Å². The molecule has 4 rings (SSSR count). The van der Waals surface area contributed by atoms with Crippen LogP contribution in [0.1, 0.15) is 43.6 Å². The Morgan fingerprint density at radius 3 is 2.72 bits per heavy atom. The van der Waals surface area contributed by atoms with Gasteiger partial charge in [0.1, 0.15) is 5.82 Å². The third kappa shape index (κ3) is 3.37. The highest BCUT2D eigenvalue weighted by molar-refractivity contribution is 6.34. The van der Waals surface area contributed by atoms with Crippen molar-refractivity contribution < 1.29 is 4.79 Å². The highest BCUT2D eigenvalue weighted by Gasteiger charge is 2.26. The molecule has 0 atom stereocenters. The van der Waals surface area contributed by atoms with Gasteiger partial charge in [0, 0.05) is 57.5 Å². The van der Waals surface area contributed by atoms with Crippen LogP contribution in [0.2, 0.25) is 5.02 Å². The number of amides is 1. The molecular weight excluding hydrogens is 336 g/mol. The van der Waals surface area contributed by atoms with E-state index in [0.29, 0.717) is 23.9 Å². The normalized spacial score (nSPS) is 14.0. The first-order valence-electron chi connectivity index (χ1n) is 8.54. The Balaban J connectivity index is 1.62. The molecule has 3 aromatic rings. The van der Waals surface area contributed by atoms with Gasteiger partial charge in [-0.2, -0.15) is 0 Å². The number of aromatic amines is 1. The molecular formula is C19H19ClN4O. The molecule has 0 radical (unpaired) electrons. The molecule has 128 valence electrons. The van der Waals surface area contributed by atoms with Gasteiger partial charge in [0.25, 0.3) is 0 Å². The molecule has 1 aliphatic rings. The highest BCUT2D eigenvalue weighted by Crippen LogP contribution is 2.38. The first kappa shape index (κ1) is 16.1. The molecule has 0 unspecified atom stereocenters. The van der Waals surface area contributed by atoms with E-state index < -0.39 is 0 Å².